The molecule has 1 rings (SSSR count). The van der Waals surface area contributed by atoms with Crippen LogP contribution in [0.3, 0.4) is 0 Å². The minimum atomic E-state index is -0.836. The molecule has 0 aromatic heterocycles. The Morgan fingerprint density at radius 3 is 2.35 bits per heavy atom. The molecule has 2 atom stereocenters. The fourth-order valence-electron chi connectivity index (χ4n) is 3.25. The van der Waals surface area contributed by atoms with Gasteiger partial charge in [0.2, 0.25) is 0 Å². The fraction of sp³-hybridized carbons (Fsp3) is 0.950. The molecule has 3 heteroatoms. The van der Waals surface area contributed by atoms with E-state index in [1.54, 1.807) is 6.92 Å². The van der Waals surface area contributed by atoms with Gasteiger partial charge in [0, 0.05) is 6.42 Å². The molecular formula is C20H37FO2. The molecule has 2 nitrogen and oxygen atoms in total. The van der Waals surface area contributed by atoms with Crippen LogP contribution in [0.25, 0.3) is 0 Å². The van der Waals surface area contributed by atoms with E-state index < -0.39 is 6.17 Å². The van der Waals surface area contributed by atoms with Gasteiger partial charge in [-0.2, -0.15) is 0 Å². The number of rotatable bonds is 13. The van der Waals surface area contributed by atoms with E-state index in [4.69, 9.17) is 9.47 Å². The van der Waals surface area contributed by atoms with Gasteiger partial charge < -0.3 is 9.47 Å². The molecule has 136 valence electrons. The second-order valence-corrected chi connectivity index (χ2v) is 7.40. The van der Waals surface area contributed by atoms with Crippen molar-refractivity contribution in [3.63, 3.8) is 0 Å². The van der Waals surface area contributed by atoms with Crippen molar-refractivity contribution in [1.82, 2.24) is 0 Å². The van der Waals surface area contributed by atoms with Crippen LogP contribution in [-0.4, -0.2) is 18.4 Å². The minimum Gasteiger partial charge on any atom is -0.337 e. The Morgan fingerprint density at radius 1 is 1.04 bits per heavy atom. The van der Waals surface area contributed by atoms with Crippen molar-refractivity contribution in [2.75, 3.05) is 0 Å². The molecule has 0 spiro atoms. The van der Waals surface area contributed by atoms with Gasteiger partial charge in [0.05, 0.1) is 18.4 Å². The summed E-state index contributed by atoms with van der Waals surface area (Å²) in [6.45, 7) is 8.79. The third-order valence-electron chi connectivity index (χ3n) is 4.86. The van der Waals surface area contributed by atoms with E-state index in [1.165, 1.54) is 44.9 Å². The molecule has 1 fully saturated rings. The Kier molecular flexibility index (Phi) is 12.0. The molecule has 0 N–H and O–H groups in total. The standard InChI is InChI=1S/C20H37FO2/c1-4-5-6-7-8-9-10-20(15-18(3)21)23-16-22-19-13-11-17(2)12-14-19/h17-20H,4-15H2,1-3H3/t17-,18-,19-,20?/m1/s1. The smallest absolute Gasteiger partial charge is 0.292 e. The van der Waals surface area contributed by atoms with Crippen molar-refractivity contribution < 1.29 is 13.9 Å². The summed E-state index contributed by atoms with van der Waals surface area (Å²) >= 11 is 0. The van der Waals surface area contributed by atoms with E-state index in [1.807, 2.05) is 0 Å². The lowest BCUT2D eigenvalue weighted by atomic mass is 9.89. The summed E-state index contributed by atoms with van der Waals surface area (Å²) < 4.78 is 24.5. The highest BCUT2D eigenvalue weighted by atomic mass is 19.1. The number of hydrogen-bond donors (Lipinski definition) is 0. The Bertz CT molecular complexity index is 262. The average Bonchev–Trinajstić information content (AvgIpc) is 2.52. The molecule has 0 aromatic rings. The van der Waals surface area contributed by atoms with Crippen molar-refractivity contribution in [1.29, 1.82) is 0 Å². The van der Waals surface area contributed by atoms with E-state index >= 15 is 0 Å². The Balaban J connectivity index is 2.12. The van der Waals surface area contributed by atoms with Crippen molar-refractivity contribution >= 4 is 0 Å². The Labute approximate surface area is 143 Å². The van der Waals surface area contributed by atoms with Crippen molar-refractivity contribution in [3.05, 3.63) is 6.79 Å². The first-order chi connectivity index (χ1) is 11.1. The van der Waals surface area contributed by atoms with Gasteiger partial charge in [0.25, 0.3) is 6.79 Å². The summed E-state index contributed by atoms with van der Waals surface area (Å²) in [5.74, 6) is 0.809. The molecule has 1 unspecified atom stereocenters. The second kappa shape index (κ2) is 13.2. The van der Waals surface area contributed by atoms with Gasteiger partial charge in [-0.15, -0.1) is 0 Å². The fourth-order valence-corrected chi connectivity index (χ4v) is 3.25. The minimum absolute atomic E-state index is 0.0938. The maximum atomic E-state index is 13.3. The summed E-state index contributed by atoms with van der Waals surface area (Å²) in [5, 5.41) is 0. The monoisotopic (exact) mass is 328 g/mol. The zero-order chi connectivity index (χ0) is 16.9. The molecule has 0 saturated heterocycles. The van der Waals surface area contributed by atoms with Crippen molar-refractivity contribution in [2.45, 2.75) is 116 Å². The molecule has 0 bridgehead atoms. The molecule has 0 amide bonds. The van der Waals surface area contributed by atoms with Gasteiger partial charge in [-0.1, -0.05) is 52.4 Å². The van der Waals surface area contributed by atoms with Crippen LogP contribution < -0.4 is 0 Å². The lowest BCUT2D eigenvalue weighted by Gasteiger charge is -2.26. The summed E-state index contributed by atoms with van der Waals surface area (Å²) in [6.07, 6.45) is 12.7. The number of halogens is 1. The highest BCUT2D eigenvalue weighted by Crippen LogP contribution is 2.26. The lowest BCUT2D eigenvalue weighted by molar-refractivity contribution is -0.0725. The van der Waals surface area contributed by atoms with Gasteiger partial charge in [-0.25, -0.2) is 4.39 Å². The second-order valence-electron chi connectivity index (χ2n) is 7.40. The molecule has 0 heterocycles. The summed E-state index contributed by atoms with van der Waals surface area (Å²) in [6, 6.07) is 0. The van der Waals surface area contributed by atoms with E-state index in [0.717, 1.165) is 31.6 Å². The predicted octanol–water partition coefficient (Wildman–Crippen LogP) is 6.46. The third kappa shape index (κ3) is 11.1. The highest BCUT2D eigenvalue weighted by Gasteiger charge is 2.20. The van der Waals surface area contributed by atoms with E-state index in [2.05, 4.69) is 20.6 Å². The SMILES string of the molecule is CCCCCCCCC(C[C@@H](C)F)O[C]O[C@H]1CC[C@H](C)CC1. The van der Waals surface area contributed by atoms with Gasteiger partial charge in [0.1, 0.15) is 0 Å². The van der Waals surface area contributed by atoms with Crippen molar-refractivity contribution in [3.8, 4) is 0 Å². The molecular weight excluding hydrogens is 291 g/mol. The first kappa shape index (κ1) is 20.9. The predicted molar refractivity (Wildman–Crippen MR) is 93.8 cm³/mol. The first-order valence-electron chi connectivity index (χ1n) is 9.82. The van der Waals surface area contributed by atoms with Crippen LogP contribution in [0.1, 0.15) is 97.8 Å². The molecule has 23 heavy (non-hydrogen) atoms. The normalized spacial score (nSPS) is 24.5. The molecule has 1 aliphatic rings. The van der Waals surface area contributed by atoms with Crippen LogP contribution in [0.5, 0.6) is 0 Å². The van der Waals surface area contributed by atoms with Crippen molar-refractivity contribution in [2.24, 2.45) is 5.92 Å². The molecule has 1 aliphatic carbocycles. The Morgan fingerprint density at radius 2 is 1.70 bits per heavy atom. The highest BCUT2D eigenvalue weighted by molar-refractivity contribution is 4.71. The van der Waals surface area contributed by atoms with E-state index in [9.17, 15) is 4.39 Å². The van der Waals surface area contributed by atoms with Crippen LogP contribution in [0.4, 0.5) is 4.39 Å². The quantitative estimate of drug-likeness (QED) is 0.361. The maximum Gasteiger partial charge on any atom is 0.292 e. The van der Waals surface area contributed by atoms with Gasteiger partial charge in [-0.05, 0) is 44.9 Å². The van der Waals surface area contributed by atoms with Crippen LogP contribution >= 0.6 is 0 Å². The van der Waals surface area contributed by atoms with Gasteiger partial charge in [0.15, 0.2) is 0 Å². The summed E-state index contributed by atoms with van der Waals surface area (Å²) in [4.78, 5) is 0. The number of alkyl halides is 1. The third-order valence-corrected chi connectivity index (χ3v) is 4.86. The van der Waals surface area contributed by atoms with E-state index in [-0.39, 0.29) is 12.2 Å². The summed E-state index contributed by atoms with van der Waals surface area (Å²) in [5.41, 5.74) is 0. The molecule has 0 aromatic carbocycles. The largest absolute Gasteiger partial charge is 0.337 e. The topological polar surface area (TPSA) is 18.5 Å². The van der Waals surface area contributed by atoms with Crippen LogP contribution in [0, 0.1) is 12.7 Å². The van der Waals surface area contributed by atoms with Crippen LogP contribution in [0.15, 0.2) is 0 Å². The lowest BCUT2D eigenvalue weighted by Crippen LogP contribution is -2.22. The number of hydrogen-bond acceptors (Lipinski definition) is 2. The molecule has 1 saturated carbocycles. The first-order valence-corrected chi connectivity index (χ1v) is 9.82. The molecule has 0 aliphatic heterocycles. The number of ether oxygens (including phenoxy) is 2. The van der Waals surface area contributed by atoms with Crippen LogP contribution in [0.2, 0.25) is 0 Å². The summed E-state index contributed by atoms with van der Waals surface area (Å²) in [7, 11) is 0. The zero-order valence-corrected chi connectivity index (χ0v) is 15.5. The van der Waals surface area contributed by atoms with Gasteiger partial charge in [-0.3, -0.25) is 0 Å². The van der Waals surface area contributed by atoms with E-state index in [0.29, 0.717) is 6.42 Å². The van der Waals surface area contributed by atoms with Crippen LogP contribution in [-0.2, 0) is 9.47 Å². The maximum absolute atomic E-state index is 13.3. The molecule has 2 radical (unpaired) electrons. The average molecular weight is 329 g/mol. The van der Waals surface area contributed by atoms with Gasteiger partial charge >= 0.3 is 0 Å². The number of unbranched alkanes of at least 4 members (excludes halogenated alkanes) is 5. The Hall–Kier alpha value is -0.150. The zero-order valence-electron chi connectivity index (χ0n) is 15.5.